The summed E-state index contributed by atoms with van der Waals surface area (Å²) in [7, 11) is 0. The molecule has 4 heteroatoms. The lowest BCUT2D eigenvalue weighted by Crippen LogP contribution is -2.41. The maximum absolute atomic E-state index is 11.5. The molecule has 76 valence electrons. The second kappa shape index (κ2) is 4.75. The van der Waals surface area contributed by atoms with Crippen molar-refractivity contribution in [2.75, 3.05) is 9.74 Å². The number of hydrogen-bond donors (Lipinski definition) is 2. The Balaban J connectivity index is 2.67. The number of rotatable bonds is 3. The van der Waals surface area contributed by atoms with Gasteiger partial charge in [-0.2, -0.15) is 0 Å². The normalized spacial score (nSPS) is 14.5. The molecule has 0 spiro atoms. The van der Waals surface area contributed by atoms with E-state index in [4.69, 9.17) is 0 Å². The number of benzene rings is 1. The number of anilines is 1. The number of hydrogen-bond acceptors (Lipinski definition) is 2. The van der Waals surface area contributed by atoms with Crippen LogP contribution in [0, 0.1) is 0 Å². The lowest BCUT2D eigenvalue weighted by Gasteiger charge is -2.19. The molecule has 0 aliphatic heterocycles. The first-order chi connectivity index (χ1) is 6.56. The van der Waals surface area contributed by atoms with Crippen LogP contribution < -0.4 is 5.32 Å². The lowest BCUT2D eigenvalue weighted by molar-refractivity contribution is -0.130. The molecule has 0 unspecified atom stereocenters. The van der Waals surface area contributed by atoms with E-state index in [1.165, 1.54) is 6.92 Å². The molecule has 0 aliphatic rings. The van der Waals surface area contributed by atoms with E-state index in [9.17, 15) is 9.90 Å². The van der Waals surface area contributed by atoms with Crippen molar-refractivity contribution in [2.45, 2.75) is 12.5 Å². The molecule has 0 heterocycles. The van der Waals surface area contributed by atoms with Crippen LogP contribution in [0.15, 0.2) is 30.3 Å². The fourth-order valence-electron chi connectivity index (χ4n) is 0.848. The first-order valence-corrected chi connectivity index (χ1v) is 5.73. The molecule has 1 rings (SSSR count). The molecule has 1 atom stereocenters. The van der Waals surface area contributed by atoms with Gasteiger partial charge in [-0.1, -0.05) is 40.8 Å². The Labute approximate surface area is 96.7 Å². The number of para-hydroxylation sites is 1. The third kappa shape index (κ3) is 2.95. The molecule has 1 aromatic carbocycles. The Hall–Kier alpha value is -0.620. The summed E-state index contributed by atoms with van der Waals surface area (Å²) >= 11 is 1.98. The standard InChI is InChI=1S/C10H12INO2/c1-10(14,7-11)9(13)12-8-5-3-2-4-6-8/h2-6,14H,7H2,1H3,(H,12,13)/t10-/m0/s1. The minimum Gasteiger partial charge on any atom is -0.379 e. The van der Waals surface area contributed by atoms with Gasteiger partial charge in [0.15, 0.2) is 0 Å². The van der Waals surface area contributed by atoms with Gasteiger partial charge in [0.1, 0.15) is 5.60 Å². The third-order valence-corrected chi connectivity index (χ3v) is 3.27. The molecule has 14 heavy (non-hydrogen) atoms. The monoisotopic (exact) mass is 305 g/mol. The number of alkyl halides is 1. The predicted molar refractivity (Wildman–Crippen MR) is 64.6 cm³/mol. The Kier molecular flexibility index (Phi) is 3.88. The topological polar surface area (TPSA) is 49.3 Å². The van der Waals surface area contributed by atoms with Gasteiger partial charge in [0.2, 0.25) is 0 Å². The van der Waals surface area contributed by atoms with E-state index in [0.29, 0.717) is 10.1 Å². The van der Waals surface area contributed by atoms with Crippen molar-refractivity contribution in [3.8, 4) is 0 Å². The van der Waals surface area contributed by atoms with E-state index < -0.39 is 5.60 Å². The van der Waals surface area contributed by atoms with Crippen LogP contribution in [0.3, 0.4) is 0 Å². The Bertz CT molecular complexity index is 311. The number of nitrogens with one attached hydrogen (secondary N) is 1. The highest BCUT2D eigenvalue weighted by atomic mass is 127. The van der Waals surface area contributed by atoms with Crippen LogP contribution >= 0.6 is 22.6 Å². The maximum Gasteiger partial charge on any atom is 0.256 e. The second-order valence-electron chi connectivity index (χ2n) is 3.23. The van der Waals surface area contributed by atoms with Crippen LogP contribution in [-0.4, -0.2) is 21.0 Å². The molecule has 0 fully saturated rings. The molecule has 0 aromatic heterocycles. The highest BCUT2D eigenvalue weighted by molar-refractivity contribution is 14.1. The summed E-state index contributed by atoms with van der Waals surface area (Å²) < 4.78 is 0.365. The largest absolute Gasteiger partial charge is 0.379 e. The van der Waals surface area contributed by atoms with Crippen molar-refractivity contribution in [1.29, 1.82) is 0 Å². The zero-order valence-corrected chi connectivity index (χ0v) is 9.98. The van der Waals surface area contributed by atoms with E-state index in [0.717, 1.165) is 0 Å². The molecular formula is C10H12INO2. The van der Waals surface area contributed by atoms with E-state index in [1.807, 2.05) is 40.8 Å². The molecule has 1 aromatic rings. The van der Waals surface area contributed by atoms with E-state index >= 15 is 0 Å². The van der Waals surface area contributed by atoms with Gasteiger partial charge in [0.25, 0.3) is 5.91 Å². The van der Waals surface area contributed by atoms with Gasteiger partial charge in [-0.3, -0.25) is 4.79 Å². The zero-order chi connectivity index (χ0) is 10.6. The van der Waals surface area contributed by atoms with Crippen molar-refractivity contribution >= 4 is 34.2 Å². The lowest BCUT2D eigenvalue weighted by atomic mass is 10.1. The van der Waals surface area contributed by atoms with Crippen molar-refractivity contribution in [3.05, 3.63) is 30.3 Å². The molecule has 3 nitrogen and oxygen atoms in total. The number of halogens is 1. The van der Waals surface area contributed by atoms with Crippen molar-refractivity contribution in [3.63, 3.8) is 0 Å². The zero-order valence-electron chi connectivity index (χ0n) is 7.83. The summed E-state index contributed by atoms with van der Waals surface area (Å²) in [5.74, 6) is -0.377. The smallest absolute Gasteiger partial charge is 0.256 e. The van der Waals surface area contributed by atoms with E-state index in [1.54, 1.807) is 12.1 Å². The number of carbonyl (C=O) groups is 1. The Morgan fingerprint density at radius 3 is 2.57 bits per heavy atom. The molecule has 0 saturated heterocycles. The molecule has 2 N–H and O–H groups in total. The van der Waals surface area contributed by atoms with Crippen molar-refractivity contribution in [1.82, 2.24) is 0 Å². The summed E-state index contributed by atoms with van der Waals surface area (Å²) in [6.07, 6.45) is 0. The minimum absolute atomic E-state index is 0.365. The SMILES string of the molecule is C[C@](O)(CI)C(=O)Nc1ccccc1. The van der Waals surface area contributed by atoms with Gasteiger partial charge in [0, 0.05) is 10.1 Å². The van der Waals surface area contributed by atoms with Gasteiger partial charge in [-0.05, 0) is 19.1 Å². The first kappa shape index (κ1) is 11.5. The van der Waals surface area contributed by atoms with Crippen LogP contribution in [0.5, 0.6) is 0 Å². The highest BCUT2D eigenvalue weighted by Crippen LogP contribution is 2.12. The Morgan fingerprint density at radius 1 is 1.50 bits per heavy atom. The van der Waals surface area contributed by atoms with Crippen LogP contribution in [0.25, 0.3) is 0 Å². The third-order valence-electron chi connectivity index (χ3n) is 1.78. The molecule has 0 radical (unpaired) electrons. The molecule has 0 bridgehead atoms. The summed E-state index contributed by atoms with van der Waals surface area (Å²) in [4.78, 5) is 11.5. The molecule has 0 aliphatic carbocycles. The second-order valence-corrected chi connectivity index (χ2v) is 3.99. The van der Waals surface area contributed by atoms with Gasteiger partial charge in [0.05, 0.1) is 0 Å². The number of amides is 1. The fourth-order valence-corrected chi connectivity index (χ4v) is 1.19. The molecule has 0 saturated carbocycles. The van der Waals surface area contributed by atoms with Crippen LogP contribution in [0.1, 0.15) is 6.92 Å². The first-order valence-electron chi connectivity index (χ1n) is 4.21. The molecule has 1 amide bonds. The maximum atomic E-state index is 11.5. The van der Waals surface area contributed by atoms with Gasteiger partial charge >= 0.3 is 0 Å². The van der Waals surface area contributed by atoms with Crippen LogP contribution in [0.2, 0.25) is 0 Å². The fraction of sp³-hybridized carbons (Fsp3) is 0.300. The summed E-state index contributed by atoms with van der Waals surface area (Å²) in [5.41, 5.74) is -0.612. The summed E-state index contributed by atoms with van der Waals surface area (Å²) in [6, 6.07) is 9.08. The minimum atomic E-state index is -1.31. The van der Waals surface area contributed by atoms with Crippen molar-refractivity contribution in [2.24, 2.45) is 0 Å². The average Bonchev–Trinajstić information content (AvgIpc) is 2.19. The van der Waals surface area contributed by atoms with Crippen LogP contribution in [-0.2, 0) is 4.79 Å². The molecular weight excluding hydrogens is 293 g/mol. The van der Waals surface area contributed by atoms with Crippen LogP contribution in [0.4, 0.5) is 5.69 Å². The van der Waals surface area contributed by atoms with Gasteiger partial charge in [-0.25, -0.2) is 0 Å². The van der Waals surface area contributed by atoms with Gasteiger partial charge in [-0.15, -0.1) is 0 Å². The van der Waals surface area contributed by atoms with Crippen molar-refractivity contribution < 1.29 is 9.90 Å². The summed E-state index contributed by atoms with van der Waals surface area (Å²) in [5, 5.41) is 12.3. The highest BCUT2D eigenvalue weighted by Gasteiger charge is 2.28. The predicted octanol–water partition coefficient (Wildman–Crippen LogP) is 1.81. The summed E-state index contributed by atoms with van der Waals surface area (Å²) in [6.45, 7) is 1.50. The number of aliphatic hydroxyl groups is 1. The Morgan fingerprint density at radius 2 is 2.07 bits per heavy atom. The van der Waals surface area contributed by atoms with E-state index in [2.05, 4.69) is 5.32 Å². The average molecular weight is 305 g/mol. The van der Waals surface area contributed by atoms with E-state index in [-0.39, 0.29) is 5.91 Å². The number of carbonyl (C=O) groups excluding carboxylic acids is 1. The quantitative estimate of drug-likeness (QED) is 0.661. The van der Waals surface area contributed by atoms with Gasteiger partial charge < -0.3 is 10.4 Å².